The van der Waals surface area contributed by atoms with Gasteiger partial charge in [-0.1, -0.05) is 23.2 Å². The summed E-state index contributed by atoms with van der Waals surface area (Å²) in [5.41, 5.74) is 0.846. The lowest BCUT2D eigenvalue weighted by Crippen LogP contribution is -1.98. The van der Waals surface area contributed by atoms with Crippen molar-refractivity contribution in [3.63, 3.8) is 0 Å². The van der Waals surface area contributed by atoms with Crippen molar-refractivity contribution in [1.82, 2.24) is 9.78 Å². The number of benzene rings is 1. The average Bonchev–Trinajstić information content (AvgIpc) is 2.66. The standard InChI is InChI=1S/C11H10Cl2N2O/c1-15-5-4-9(14-15)7-16-11-6-8(12)2-3-10(11)13/h2-6H,7H2,1H3. The van der Waals surface area contributed by atoms with Crippen molar-refractivity contribution in [2.75, 3.05) is 0 Å². The molecule has 3 nitrogen and oxygen atoms in total. The number of aromatic nitrogens is 2. The van der Waals surface area contributed by atoms with Gasteiger partial charge < -0.3 is 4.74 Å². The SMILES string of the molecule is Cn1ccc(COc2cc(Cl)ccc2Cl)n1. The summed E-state index contributed by atoms with van der Waals surface area (Å²) in [6, 6.07) is 7.00. The predicted octanol–water partition coefficient (Wildman–Crippen LogP) is 3.31. The molecule has 1 heterocycles. The maximum atomic E-state index is 5.96. The zero-order valence-electron chi connectivity index (χ0n) is 8.65. The molecule has 16 heavy (non-hydrogen) atoms. The second-order valence-corrected chi connectivity index (χ2v) is 4.19. The van der Waals surface area contributed by atoms with Crippen LogP contribution in [0, 0.1) is 0 Å². The van der Waals surface area contributed by atoms with Crippen molar-refractivity contribution in [3.05, 3.63) is 46.2 Å². The van der Waals surface area contributed by atoms with Crippen LogP contribution in [-0.4, -0.2) is 9.78 Å². The van der Waals surface area contributed by atoms with Crippen LogP contribution in [0.25, 0.3) is 0 Å². The highest BCUT2D eigenvalue weighted by molar-refractivity contribution is 6.34. The highest BCUT2D eigenvalue weighted by Gasteiger charge is 2.04. The molecule has 0 aliphatic rings. The second-order valence-electron chi connectivity index (χ2n) is 3.34. The molecule has 0 bridgehead atoms. The number of aryl methyl sites for hydroxylation is 1. The summed E-state index contributed by atoms with van der Waals surface area (Å²) >= 11 is 11.8. The fourth-order valence-corrected chi connectivity index (χ4v) is 1.61. The fraction of sp³-hybridized carbons (Fsp3) is 0.182. The van der Waals surface area contributed by atoms with Crippen LogP contribution < -0.4 is 4.74 Å². The Hall–Kier alpha value is -1.19. The van der Waals surface area contributed by atoms with Gasteiger partial charge in [0.15, 0.2) is 0 Å². The lowest BCUT2D eigenvalue weighted by atomic mass is 10.3. The van der Waals surface area contributed by atoms with Gasteiger partial charge in [0.25, 0.3) is 0 Å². The number of rotatable bonds is 3. The molecule has 0 spiro atoms. The quantitative estimate of drug-likeness (QED) is 0.843. The zero-order valence-corrected chi connectivity index (χ0v) is 10.2. The monoisotopic (exact) mass is 256 g/mol. The van der Waals surface area contributed by atoms with Crippen LogP contribution in [0.1, 0.15) is 5.69 Å². The maximum absolute atomic E-state index is 5.96. The van der Waals surface area contributed by atoms with Crippen molar-refractivity contribution in [1.29, 1.82) is 0 Å². The molecule has 0 atom stereocenters. The van der Waals surface area contributed by atoms with Crippen LogP contribution in [-0.2, 0) is 13.7 Å². The molecule has 0 aliphatic carbocycles. The van der Waals surface area contributed by atoms with E-state index in [9.17, 15) is 0 Å². The summed E-state index contributed by atoms with van der Waals surface area (Å²) in [6.45, 7) is 0.376. The largest absolute Gasteiger partial charge is 0.486 e. The van der Waals surface area contributed by atoms with Gasteiger partial charge in [-0.2, -0.15) is 5.10 Å². The highest BCUT2D eigenvalue weighted by atomic mass is 35.5. The van der Waals surface area contributed by atoms with E-state index in [1.54, 1.807) is 22.9 Å². The van der Waals surface area contributed by atoms with E-state index < -0.39 is 0 Å². The molecule has 0 fully saturated rings. The summed E-state index contributed by atoms with van der Waals surface area (Å²) in [4.78, 5) is 0. The van der Waals surface area contributed by atoms with Crippen LogP contribution in [0.15, 0.2) is 30.5 Å². The van der Waals surface area contributed by atoms with E-state index in [1.807, 2.05) is 19.3 Å². The number of nitrogens with zero attached hydrogens (tertiary/aromatic N) is 2. The van der Waals surface area contributed by atoms with Crippen LogP contribution in [0.2, 0.25) is 10.0 Å². The molecule has 1 aromatic heterocycles. The van der Waals surface area contributed by atoms with E-state index in [1.165, 1.54) is 0 Å². The Morgan fingerprint density at radius 2 is 2.12 bits per heavy atom. The first-order chi connectivity index (χ1) is 7.65. The van der Waals surface area contributed by atoms with Crippen molar-refractivity contribution < 1.29 is 4.74 Å². The predicted molar refractivity (Wildman–Crippen MR) is 64.0 cm³/mol. The Balaban J connectivity index is 2.07. The van der Waals surface area contributed by atoms with Gasteiger partial charge >= 0.3 is 0 Å². The molecule has 0 aliphatic heterocycles. The minimum Gasteiger partial charge on any atom is -0.486 e. The van der Waals surface area contributed by atoms with Crippen molar-refractivity contribution >= 4 is 23.2 Å². The lowest BCUT2D eigenvalue weighted by molar-refractivity contribution is 0.300. The number of halogens is 2. The van der Waals surface area contributed by atoms with Crippen molar-refractivity contribution in [3.8, 4) is 5.75 Å². The van der Waals surface area contributed by atoms with Gasteiger partial charge in [-0.25, -0.2) is 0 Å². The van der Waals surface area contributed by atoms with Gasteiger partial charge in [-0.15, -0.1) is 0 Å². The van der Waals surface area contributed by atoms with E-state index in [2.05, 4.69) is 5.10 Å². The lowest BCUT2D eigenvalue weighted by Gasteiger charge is -2.06. The fourth-order valence-electron chi connectivity index (χ4n) is 1.28. The molecule has 0 N–H and O–H groups in total. The molecule has 0 unspecified atom stereocenters. The number of hydrogen-bond acceptors (Lipinski definition) is 2. The Labute approximate surface area is 104 Å². The summed E-state index contributed by atoms with van der Waals surface area (Å²) in [5, 5.41) is 5.33. The smallest absolute Gasteiger partial charge is 0.139 e. The van der Waals surface area contributed by atoms with Crippen molar-refractivity contribution in [2.45, 2.75) is 6.61 Å². The van der Waals surface area contributed by atoms with Crippen LogP contribution in [0.3, 0.4) is 0 Å². The molecule has 0 radical (unpaired) electrons. The van der Waals surface area contributed by atoms with Gasteiger partial charge in [0, 0.05) is 24.3 Å². The molecule has 0 saturated carbocycles. The number of ether oxygens (including phenoxy) is 1. The first-order valence-corrected chi connectivity index (χ1v) is 5.47. The van der Waals surface area contributed by atoms with Crippen LogP contribution in [0.4, 0.5) is 0 Å². The van der Waals surface area contributed by atoms with E-state index in [0.29, 0.717) is 22.4 Å². The minimum atomic E-state index is 0.376. The molecule has 0 saturated heterocycles. The molecule has 1 aromatic carbocycles. The van der Waals surface area contributed by atoms with Gasteiger partial charge in [-0.3, -0.25) is 4.68 Å². The third-order valence-corrected chi connectivity index (χ3v) is 2.58. The zero-order chi connectivity index (χ0) is 11.5. The molecule has 2 aromatic rings. The first kappa shape index (κ1) is 11.3. The molecule has 0 amide bonds. The maximum Gasteiger partial charge on any atom is 0.139 e. The van der Waals surface area contributed by atoms with Gasteiger partial charge in [-0.05, 0) is 18.2 Å². The van der Waals surface area contributed by atoms with Crippen LogP contribution in [0.5, 0.6) is 5.75 Å². The van der Waals surface area contributed by atoms with Gasteiger partial charge in [0.05, 0.1) is 10.7 Å². The third-order valence-electron chi connectivity index (χ3n) is 2.04. The Morgan fingerprint density at radius 1 is 1.31 bits per heavy atom. The van der Waals surface area contributed by atoms with Crippen LogP contribution >= 0.6 is 23.2 Å². The topological polar surface area (TPSA) is 27.1 Å². The summed E-state index contributed by atoms with van der Waals surface area (Å²) in [5.74, 6) is 0.569. The highest BCUT2D eigenvalue weighted by Crippen LogP contribution is 2.28. The van der Waals surface area contributed by atoms with Gasteiger partial charge in [0.1, 0.15) is 12.4 Å². The Morgan fingerprint density at radius 3 is 2.81 bits per heavy atom. The van der Waals surface area contributed by atoms with E-state index in [0.717, 1.165) is 5.69 Å². The Bertz CT molecular complexity index is 496. The molecular formula is C11H10Cl2N2O. The molecule has 5 heteroatoms. The molecule has 2 rings (SSSR count). The normalized spacial score (nSPS) is 10.4. The summed E-state index contributed by atoms with van der Waals surface area (Å²) < 4.78 is 7.25. The third kappa shape index (κ3) is 2.68. The van der Waals surface area contributed by atoms with Crippen molar-refractivity contribution in [2.24, 2.45) is 7.05 Å². The average molecular weight is 257 g/mol. The van der Waals surface area contributed by atoms with Gasteiger partial charge in [0.2, 0.25) is 0 Å². The summed E-state index contributed by atoms with van der Waals surface area (Å²) in [7, 11) is 1.86. The van der Waals surface area contributed by atoms with E-state index in [-0.39, 0.29) is 0 Å². The van der Waals surface area contributed by atoms with E-state index >= 15 is 0 Å². The Kier molecular flexibility index (Phi) is 3.36. The minimum absolute atomic E-state index is 0.376. The summed E-state index contributed by atoms with van der Waals surface area (Å²) in [6.07, 6.45) is 1.86. The molecule has 84 valence electrons. The number of hydrogen-bond donors (Lipinski definition) is 0. The first-order valence-electron chi connectivity index (χ1n) is 4.71. The second kappa shape index (κ2) is 4.76. The molecular weight excluding hydrogens is 247 g/mol. The van der Waals surface area contributed by atoms with E-state index in [4.69, 9.17) is 27.9 Å².